The number of aliphatic hydroxyl groups excluding tert-OH is 2. The molecular formula is C27H44O10S2Zn+2. The molecule has 13 heteroatoms. The minimum absolute atomic E-state index is 0. The van der Waals surface area contributed by atoms with Crippen LogP contribution in [0.1, 0.15) is 64.2 Å². The van der Waals surface area contributed by atoms with Crippen LogP contribution in [0.2, 0.25) is 0 Å². The van der Waals surface area contributed by atoms with Crippen molar-refractivity contribution in [1.82, 2.24) is 0 Å². The zero-order valence-corrected chi connectivity index (χ0v) is 28.1. The molecule has 2 aliphatic heterocycles. The van der Waals surface area contributed by atoms with Crippen molar-refractivity contribution < 1.29 is 67.7 Å². The summed E-state index contributed by atoms with van der Waals surface area (Å²) in [5.74, 6) is -1.03. The molecule has 0 aromatic carbocycles. The van der Waals surface area contributed by atoms with Crippen molar-refractivity contribution in [2.45, 2.75) is 75.1 Å². The van der Waals surface area contributed by atoms with E-state index in [1.807, 2.05) is 0 Å². The van der Waals surface area contributed by atoms with E-state index < -0.39 is 17.3 Å². The van der Waals surface area contributed by atoms with Gasteiger partial charge in [0.25, 0.3) is 11.9 Å². The predicted octanol–water partition coefficient (Wildman–Crippen LogP) is 5.23. The molecule has 2 heterocycles. The number of hydrogen-bond acceptors (Lipinski definition) is 12. The van der Waals surface area contributed by atoms with Gasteiger partial charge in [-0.05, 0) is 82.8 Å². The van der Waals surface area contributed by atoms with E-state index in [2.05, 4.69) is 13.2 Å². The number of aliphatic hydroxyl groups is 2. The molecule has 10 nitrogen and oxygen atoms in total. The van der Waals surface area contributed by atoms with Crippen LogP contribution in [0.4, 0.5) is 0 Å². The number of esters is 2. The first-order valence-corrected chi connectivity index (χ1v) is 15.7. The van der Waals surface area contributed by atoms with Crippen LogP contribution in [0, 0.1) is 5.41 Å². The third-order valence-corrected chi connectivity index (χ3v) is 8.93. The van der Waals surface area contributed by atoms with Gasteiger partial charge in [0, 0.05) is 13.2 Å². The number of rotatable bonds is 20. The zero-order valence-electron chi connectivity index (χ0n) is 23.5. The first kappa shape index (κ1) is 36.9. The molecule has 224 valence electrons. The Labute approximate surface area is 259 Å². The minimum Gasteiger partial charge on any atom is -0.481 e. The molecule has 0 amide bonds. The molecule has 0 saturated carbocycles. The predicted molar refractivity (Wildman–Crippen MR) is 150 cm³/mol. The van der Waals surface area contributed by atoms with Gasteiger partial charge in [0.2, 0.25) is 0 Å². The zero-order chi connectivity index (χ0) is 28.3. The first-order chi connectivity index (χ1) is 18.8. The van der Waals surface area contributed by atoms with Crippen LogP contribution < -0.4 is 0 Å². The van der Waals surface area contributed by atoms with E-state index in [9.17, 15) is 19.8 Å². The summed E-state index contributed by atoms with van der Waals surface area (Å²) in [6.45, 7) is 8.74. The second-order valence-corrected chi connectivity index (χ2v) is 11.9. The summed E-state index contributed by atoms with van der Waals surface area (Å²) in [6, 6.07) is 0. The standard InChI is InChI=1S/C27H44O10S2.Zn/c1-21(28)32-15-9-27(10-16-33-22(2)29,11-17-34-23(30)19-38-25-7-3-5-13-36-25)12-18-35-24(31)20-39-26-8-4-6-14-37-26;/h25-26,28-29H,1-20H2;/q;+2. The van der Waals surface area contributed by atoms with E-state index in [0.29, 0.717) is 25.7 Å². The monoisotopic (exact) mass is 656 g/mol. The van der Waals surface area contributed by atoms with Crippen molar-refractivity contribution in [3.8, 4) is 0 Å². The Hall–Kier alpha value is -1.14. The van der Waals surface area contributed by atoms with Crippen molar-refractivity contribution in [2.75, 3.05) is 51.1 Å². The number of thioether (sulfide) groups is 2. The molecular weight excluding hydrogens is 614 g/mol. The van der Waals surface area contributed by atoms with Crippen molar-refractivity contribution >= 4 is 35.5 Å². The van der Waals surface area contributed by atoms with Crippen LogP contribution in [-0.2, 0) is 57.5 Å². The second-order valence-electron chi connectivity index (χ2n) is 9.64. The van der Waals surface area contributed by atoms with Crippen molar-refractivity contribution in [3.63, 3.8) is 0 Å². The van der Waals surface area contributed by atoms with Gasteiger partial charge in [0.15, 0.2) is 0 Å². The summed E-state index contributed by atoms with van der Waals surface area (Å²) in [7, 11) is 0. The van der Waals surface area contributed by atoms with Gasteiger partial charge in [-0.25, -0.2) is 0 Å². The molecule has 0 spiro atoms. The van der Waals surface area contributed by atoms with Crippen LogP contribution in [-0.4, -0.2) is 84.2 Å². The van der Waals surface area contributed by atoms with Crippen LogP contribution in [0.3, 0.4) is 0 Å². The van der Waals surface area contributed by atoms with E-state index in [1.165, 1.54) is 23.5 Å². The van der Waals surface area contributed by atoms with Crippen molar-refractivity contribution in [1.29, 1.82) is 0 Å². The molecule has 40 heavy (non-hydrogen) atoms. The van der Waals surface area contributed by atoms with Crippen molar-refractivity contribution in [3.05, 3.63) is 25.0 Å². The molecule has 2 N–H and O–H groups in total. The topological polar surface area (TPSA) is 130 Å². The quantitative estimate of drug-likeness (QED) is 0.101. The van der Waals surface area contributed by atoms with E-state index in [-0.39, 0.29) is 80.2 Å². The average Bonchev–Trinajstić information content (AvgIpc) is 2.91. The molecule has 2 saturated heterocycles. The Morgan fingerprint density at radius 3 is 1.40 bits per heavy atom. The van der Waals surface area contributed by atoms with E-state index in [4.69, 9.17) is 28.4 Å². The van der Waals surface area contributed by atoms with Gasteiger partial charge in [0.1, 0.15) is 10.9 Å². The Morgan fingerprint density at radius 2 is 1.07 bits per heavy atom. The van der Waals surface area contributed by atoms with Gasteiger partial charge < -0.3 is 38.6 Å². The summed E-state index contributed by atoms with van der Waals surface area (Å²) in [4.78, 5) is 24.7. The summed E-state index contributed by atoms with van der Waals surface area (Å²) < 4.78 is 32.7. The Kier molecular flexibility index (Phi) is 19.9. The maximum absolute atomic E-state index is 12.4. The summed E-state index contributed by atoms with van der Waals surface area (Å²) >= 11 is 2.90. The van der Waals surface area contributed by atoms with Crippen LogP contribution in [0.15, 0.2) is 25.0 Å². The van der Waals surface area contributed by atoms with E-state index in [0.717, 1.165) is 51.7 Å². The molecule has 0 aliphatic carbocycles. The third kappa shape index (κ3) is 17.0. The fourth-order valence-electron chi connectivity index (χ4n) is 4.37. The van der Waals surface area contributed by atoms with Gasteiger partial charge in [0.05, 0.1) is 37.9 Å². The molecule has 2 rings (SSSR count). The van der Waals surface area contributed by atoms with Gasteiger partial charge >= 0.3 is 31.4 Å². The number of carbonyl (C=O) groups is 2. The smallest absolute Gasteiger partial charge is 0.481 e. The molecule has 2 aliphatic rings. The largest absolute Gasteiger partial charge is 2.00 e. The fourth-order valence-corrected chi connectivity index (χ4v) is 6.24. The normalized spacial score (nSPS) is 19.1. The molecule has 2 atom stereocenters. The minimum atomic E-state index is -0.537. The fraction of sp³-hybridized carbons (Fsp3) is 0.778. The second kappa shape index (κ2) is 21.5. The molecule has 2 unspecified atom stereocenters. The van der Waals surface area contributed by atoms with E-state index >= 15 is 0 Å². The molecule has 0 aromatic heterocycles. The van der Waals surface area contributed by atoms with Crippen LogP contribution in [0.5, 0.6) is 0 Å². The summed E-state index contributed by atoms with van der Waals surface area (Å²) in [6.07, 6.45) is 7.91. The van der Waals surface area contributed by atoms with Crippen LogP contribution >= 0.6 is 23.5 Å². The molecule has 2 fully saturated rings. The number of ether oxygens (including phenoxy) is 6. The Bertz CT molecular complexity index is 696. The Balaban J connectivity index is 0.00000800. The molecule has 0 aromatic rings. The first-order valence-electron chi connectivity index (χ1n) is 13.6. The van der Waals surface area contributed by atoms with Gasteiger partial charge in [-0.2, -0.15) is 0 Å². The summed E-state index contributed by atoms with van der Waals surface area (Å²) in [5.41, 5.74) is -0.490. The summed E-state index contributed by atoms with van der Waals surface area (Å²) in [5, 5.41) is 18.8. The number of hydrogen-bond donors (Lipinski definition) is 2. The van der Waals surface area contributed by atoms with Crippen molar-refractivity contribution in [2.24, 2.45) is 5.41 Å². The van der Waals surface area contributed by atoms with Gasteiger partial charge in [-0.1, -0.05) is 0 Å². The SMILES string of the molecule is C=C(O)OCCC(CCOC(=C)O)(CCOC(=O)CSC1CCCCO1)CCOC(=O)CSC1CCCCO1.[Zn+2]. The third-order valence-electron chi connectivity index (χ3n) is 6.64. The van der Waals surface area contributed by atoms with Gasteiger partial charge in [-0.3, -0.25) is 9.59 Å². The van der Waals surface area contributed by atoms with Gasteiger partial charge in [-0.15, -0.1) is 23.5 Å². The maximum Gasteiger partial charge on any atom is 2.00 e. The Morgan fingerprint density at radius 1 is 0.700 bits per heavy atom. The number of carbonyl (C=O) groups excluding carboxylic acids is 2. The van der Waals surface area contributed by atoms with E-state index in [1.54, 1.807) is 0 Å². The average molecular weight is 658 g/mol. The maximum atomic E-state index is 12.4. The molecule has 0 bridgehead atoms. The van der Waals surface area contributed by atoms with Crippen LogP contribution in [0.25, 0.3) is 0 Å². The molecule has 0 radical (unpaired) electrons.